The normalized spacial score (nSPS) is 11.7. The number of hydrogen-bond donors (Lipinski definition) is 2. The SMILES string of the molecule is NC(=O)C(=O)C(Cc1ccccc1)NC(=O)c1cccnc1-n1ccc(-c2cccc3cnccc23)n1. The average molecular weight is 491 g/mol. The van der Waals surface area contributed by atoms with Crippen molar-refractivity contribution in [2.45, 2.75) is 12.5 Å². The summed E-state index contributed by atoms with van der Waals surface area (Å²) in [5.41, 5.74) is 7.82. The number of nitrogens with one attached hydrogen (secondary N) is 1. The molecule has 182 valence electrons. The summed E-state index contributed by atoms with van der Waals surface area (Å²) in [5, 5.41) is 9.30. The largest absolute Gasteiger partial charge is 0.363 e. The number of amides is 2. The van der Waals surface area contributed by atoms with Gasteiger partial charge in [0.05, 0.1) is 11.3 Å². The van der Waals surface area contributed by atoms with Crippen molar-refractivity contribution < 1.29 is 14.4 Å². The highest BCUT2D eigenvalue weighted by Gasteiger charge is 2.27. The summed E-state index contributed by atoms with van der Waals surface area (Å²) in [6.07, 6.45) is 6.89. The number of Topliss-reactive ketones (excluding diaryl/α,β-unsaturated/α-hetero) is 1. The van der Waals surface area contributed by atoms with Crippen molar-refractivity contribution in [3.8, 4) is 17.1 Å². The van der Waals surface area contributed by atoms with Crippen LogP contribution in [0.4, 0.5) is 0 Å². The molecule has 5 aromatic rings. The van der Waals surface area contributed by atoms with Gasteiger partial charge in [0, 0.05) is 42.2 Å². The van der Waals surface area contributed by atoms with Crippen LogP contribution in [0.15, 0.2) is 97.6 Å². The van der Waals surface area contributed by atoms with E-state index in [1.54, 1.807) is 49.1 Å². The summed E-state index contributed by atoms with van der Waals surface area (Å²) in [5.74, 6) is -2.30. The molecule has 2 aromatic carbocycles. The lowest BCUT2D eigenvalue weighted by molar-refractivity contribution is -0.137. The van der Waals surface area contributed by atoms with Crippen LogP contribution < -0.4 is 11.1 Å². The Morgan fingerprint density at radius 1 is 0.919 bits per heavy atom. The quantitative estimate of drug-likeness (QED) is 0.321. The molecule has 5 rings (SSSR count). The molecule has 0 aliphatic carbocycles. The van der Waals surface area contributed by atoms with E-state index in [1.807, 2.05) is 48.5 Å². The molecule has 3 N–H and O–H groups in total. The lowest BCUT2D eigenvalue weighted by atomic mass is 10.0. The molecule has 0 saturated carbocycles. The third-order valence-corrected chi connectivity index (χ3v) is 5.94. The predicted molar refractivity (Wildman–Crippen MR) is 138 cm³/mol. The Bertz CT molecular complexity index is 1610. The van der Waals surface area contributed by atoms with Crippen LogP contribution in [0.2, 0.25) is 0 Å². The minimum Gasteiger partial charge on any atom is -0.363 e. The lowest BCUT2D eigenvalue weighted by Crippen LogP contribution is -2.47. The highest BCUT2D eigenvalue weighted by molar-refractivity contribution is 6.38. The van der Waals surface area contributed by atoms with Crippen molar-refractivity contribution >= 4 is 28.4 Å². The summed E-state index contributed by atoms with van der Waals surface area (Å²) in [4.78, 5) is 46.0. The van der Waals surface area contributed by atoms with Crippen molar-refractivity contribution in [2.75, 3.05) is 0 Å². The van der Waals surface area contributed by atoms with Gasteiger partial charge in [0.25, 0.3) is 11.8 Å². The van der Waals surface area contributed by atoms with E-state index < -0.39 is 23.6 Å². The summed E-state index contributed by atoms with van der Waals surface area (Å²) >= 11 is 0. The van der Waals surface area contributed by atoms with Gasteiger partial charge in [-0.2, -0.15) is 5.10 Å². The van der Waals surface area contributed by atoms with Crippen LogP contribution in [0.1, 0.15) is 15.9 Å². The molecule has 0 aliphatic heterocycles. The van der Waals surface area contributed by atoms with E-state index in [0.717, 1.165) is 21.9 Å². The number of rotatable bonds is 8. The molecule has 0 radical (unpaired) electrons. The third kappa shape index (κ3) is 4.96. The van der Waals surface area contributed by atoms with E-state index >= 15 is 0 Å². The minimum atomic E-state index is -1.13. The number of primary amides is 1. The van der Waals surface area contributed by atoms with Crippen molar-refractivity contribution in [1.29, 1.82) is 0 Å². The van der Waals surface area contributed by atoms with Crippen LogP contribution in [0.3, 0.4) is 0 Å². The number of fused-ring (bicyclic) bond motifs is 1. The Labute approximate surface area is 212 Å². The first-order chi connectivity index (χ1) is 18.0. The highest BCUT2D eigenvalue weighted by Crippen LogP contribution is 2.27. The zero-order valence-corrected chi connectivity index (χ0v) is 19.6. The molecular weight excluding hydrogens is 468 g/mol. The molecule has 3 aromatic heterocycles. The molecule has 0 bridgehead atoms. The first kappa shape index (κ1) is 23.6. The Kier molecular flexibility index (Phi) is 6.50. The maximum absolute atomic E-state index is 13.3. The van der Waals surface area contributed by atoms with Gasteiger partial charge in [0.2, 0.25) is 5.78 Å². The van der Waals surface area contributed by atoms with E-state index in [-0.39, 0.29) is 17.8 Å². The number of ketones is 1. The van der Waals surface area contributed by atoms with E-state index in [1.165, 1.54) is 4.68 Å². The molecule has 0 fully saturated rings. The van der Waals surface area contributed by atoms with Gasteiger partial charge in [-0.3, -0.25) is 19.4 Å². The fourth-order valence-corrected chi connectivity index (χ4v) is 4.16. The van der Waals surface area contributed by atoms with Crippen LogP contribution >= 0.6 is 0 Å². The second-order valence-corrected chi connectivity index (χ2v) is 8.37. The summed E-state index contributed by atoms with van der Waals surface area (Å²) in [6.45, 7) is 0. The number of hydrogen-bond acceptors (Lipinski definition) is 6. The first-order valence-electron chi connectivity index (χ1n) is 11.5. The number of carbonyl (C=O) groups is 3. The predicted octanol–water partition coefficient (Wildman–Crippen LogP) is 2.88. The molecule has 9 nitrogen and oxygen atoms in total. The first-order valence-corrected chi connectivity index (χ1v) is 11.5. The fourth-order valence-electron chi connectivity index (χ4n) is 4.16. The van der Waals surface area contributed by atoms with Crippen molar-refractivity contribution in [3.05, 3.63) is 109 Å². The second-order valence-electron chi connectivity index (χ2n) is 8.37. The van der Waals surface area contributed by atoms with Crippen LogP contribution in [0.5, 0.6) is 0 Å². The monoisotopic (exact) mass is 490 g/mol. The summed E-state index contributed by atoms with van der Waals surface area (Å²) in [6, 6.07) is 20.8. The topological polar surface area (TPSA) is 133 Å². The second kappa shape index (κ2) is 10.2. The zero-order valence-electron chi connectivity index (χ0n) is 19.6. The minimum absolute atomic E-state index is 0.117. The maximum Gasteiger partial charge on any atom is 0.287 e. The van der Waals surface area contributed by atoms with Gasteiger partial charge in [0.1, 0.15) is 6.04 Å². The molecule has 1 unspecified atom stereocenters. The molecule has 9 heteroatoms. The van der Waals surface area contributed by atoms with E-state index in [4.69, 9.17) is 5.73 Å². The van der Waals surface area contributed by atoms with Crippen molar-refractivity contribution in [3.63, 3.8) is 0 Å². The number of aromatic nitrogens is 4. The molecule has 0 spiro atoms. The van der Waals surface area contributed by atoms with Gasteiger partial charge in [-0.1, -0.05) is 48.5 Å². The van der Waals surface area contributed by atoms with Crippen LogP contribution in [0, 0.1) is 0 Å². The van der Waals surface area contributed by atoms with Gasteiger partial charge >= 0.3 is 0 Å². The summed E-state index contributed by atoms with van der Waals surface area (Å²) in [7, 11) is 0. The number of benzene rings is 2. The standard InChI is InChI=1S/C28H22N6O3/c29-26(36)25(35)24(16-18-6-2-1-3-7-18)32-28(37)22-10-5-13-31-27(22)34-15-12-23(33-34)21-9-4-8-19-17-30-14-11-20(19)21/h1-15,17,24H,16H2,(H2,29,36)(H,32,37). The Hall–Kier alpha value is -5.18. The van der Waals surface area contributed by atoms with Crippen molar-refractivity contribution in [2.24, 2.45) is 5.73 Å². The lowest BCUT2D eigenvalue weighted by Gasteiger charge is -2.17. The third-order valence-electron chi connectivity index (χ3n) is 5.94. The average Bonchev–Trinajstić information content (AvgIpc) is 3.42. The number of carbonyl (C=O) groups excluding carboxylic acids is 3. The van der Waals surface area contributed by atoms with E-state index in [0.29, 0.717) is 5.69 Å². The fraction of sp³-hybridized carbons (Fsp3) is 0.0714. The smallest absolute Gasteiger partial charge is 0.287 e. The van der Waals surface area contributed by atoms with Crippen LogP contribution in [-0.4, -0.2) is 43.4 Å². The molecule has 0 saturated heterocycles. The molecule has 1 atom stereocenters. The Morgan fingerprint density at radius 2 is 1.76 bits per heavy atom. The zero-order chi connectivity index (χ0) is 25.8. The van der Waals surface area contributed by atoms with Gasteiger partial charge in [0.15, 0.2) is 5.82 Å². The van der Waals surface area contributed by atoms with Crippen LogP contribution in [-0.2, 0) is 16.0 Å². The number of nitrogens with zero attached hydrogens (tertiary/aromatic N) is 4. The van der Waals surface area contributed by atoms with Gasteiger partial charge in [-0.15, -0.1) is 0 Å². The summed E-state index contributed by atoms with van der Waals surface area (Å²) < 4.78 is 1.51. The molecule has 0 aliphatic rings. The highest BCUT2D eigenvalue weighted by atomic mass is 16.2. The number of pyridine rings is 2. The van der Waals surface area contributed by atoms with Crippen molar-refractivity contribution in [1.82, 2.24) is 25.1 Å². The molecule has 3 heterocycles. The Balaban J connectivity index is 1.45. The van der Waals surface area contributed by atoms with Crippen LogP contribution in [0.25, 0.3) is 27.8 Å². The number of nitrogens with two attached hydrogens (primary N) is 1. The van der Waals surface area contributed by atoms with Gasteiger partial charge in [-0.25, -0.2) is 9.67 Å². The van der Waals surface area contributed by atoms with Gasteiger partial charge in [-0.05, 0) is 35.2 Å². The van der Waals surface area contributed by atoms with E-state index in [2.05, 4.69) is 20.4 Å². The molecular formula is C28H22N6O3. The maximum atomic E-state index is 13.3. The van der Waals surface area contributed by atoms with E-state index in [9.17, 15) is 14.4 Å². The molecule has 37 heavy (non-hydrogen) atoms. The Morgan fingerprint density at radius 3 is 2.57 bits per heavy atom. The van der Waals surface area contributed by atoms with Gasteiger partial charge < -0.3 is 11.1 Å². The molecule has 2 amide bonds.